The summed E-state index contributed by atoms with van der Waals surface area (Å²) in [6.07, 6.45) is 4.82. The van der Waals surface area contributed by atoms with Gasteiger partial charge in [-0.2, -0.15) is 0 Å². The number of aromatic nitrogens is 4. The largest absolute Gasteiger partial charge is 0.453 e. The van der Waals surface area contributed by atoms with Crippen molar-refractivity contribution in [1.82, 2.24) is 35.1 Å². The lowest BCUT2D eigenvalue weighted by atomic mass is 9.99. The van der Waals surface area contributed by atoms with Crippen molar-refractivity contribution in [3.63, 3.8) is 0 Å². The highest BCUT2D eigenvalue weighted by molar-refractivity contribution is 6.05. The zero-order valence-electron chi connectivity index (χ0n) is 30.3. The minimum absolute atomic E-state index is 0.0485. The number of amides is 3. The predicted molar refractivity (Wildman–Crippen MR) is 198 cm³/mol. The molecular weight excluding hydrogens is 661 g/mol. The maximum atomic E-state index is 15.8. The number of fused-ring (bicyclic) bond motifs is 3. The molecule has 0 radical (unpaired) electrons. The number of hydrogen-bond acceptors (Lipinski definition) is 6. The van der Waals surface area contributed by atoms with Crippen LogP contribution in [-0.2, 0) is 14.3 Å². The first-order chi connectivity index (χ1) is 25.0. The van der Waals surface area contributed by atoms with Gasteiger partial charge in [0.15, 0.2) is 0 Å². The summed E-state index contributed by atoms with van der Waals surface area (Å²) in [6, 6.07) is 14.2. The first-order valence-corrected chi connectivity index (χ1v) is 18.2. The fourth-order valence-electron chi connectivity index (χ4n) is 7.72. The molecule has 0 spiro atoms. The number of methoxy groups -OCH3 is 1. The third-order valence-corrected chi connectivity index (χ3v) is 10.4. The van der Waals surface area contributed by atoms with Crippen LogP contribution in [0.25, 0.3) is 44.2 Å². The zero-order valence-corrected chi connectivity index (χ0v) is 30.3. The van der Waals surface area contributed by atoms with Gasteiger partial charge in [0.05, 0.1) is 42.1 Å². The predicted octanol–water partition coefficient (Wildman–Crippen LogP) is 7.67. The van der Waals surface area contributed by atoms with Crippen molar-refractivity contribution >= 4 is 39.7 Å². The van der Waals surface area contributed by atoms with E-state index < -0.39 is 18.0 Å². The molecule has 0 bridgehead atoms. The SMILES string of the molecule is COC(=O)N[C@H](C(=O)N1CCC[C@H]1c1ncc(-c2ccc(-c3ccc4c(ccc5[nH]c([C@@H]6CCCN6C(=O)CC(C)C)nc54)c3)cc2F)[nH]1)C(C)C. The molecule has 0 saturated carbocycles. The minimum Gasteiger partial charge on any atom is -0.453 e. The molecule has 7 rings (SSSR count). The molecule has 2 aromatic heterocycles. The number of ether oxygens (including phenoxy) is 1. The van der Waals surface area contributed by atoms with Crippen molar-refractivity contribution in [3.8, 4) is 22.4 Å². The Bertz CT molecular complexity index is 2140. The highest BCUT2D eigenvalue weighted by atomic mass is 19.1. The van der Waals surface area contributed by atoms with E-state index >= 15 is 4.39 Å². The Morgan fingerprint density at radius 2 is 1.63 bits per heavy atom. The van der Waals surface area contributed by atoms with E-state index in [1.807, 2.05) is 55.1 Å². The van der Waals surface area contributed by atoms with Crippen LogP contribution in [-0.4, -0.2) is 73.9 Å². The molecule has 52 heavy (non-hydrogen) atoms. The molecule has 3 aromatic carbocycles. The monoisotopic (exact) mass is 707 g/mol. The molecular formula is C40H46FN7O4. The van der Waals surface area contributed by atoms with Crippen molar-refractivity contribution in [2.75, 3.05) is 20.2 Å². The summed E-state index contributed by atoms with van der Waals surface area (Å²) in [5, 5.41) is 4.64. The van der Waals surface area contributed by atoms with E-state index in [9.17, 15) is 14.4 Å². The number of aromatic amines is 2. The summed E-state index contributed by atoms with van der Waals surface area (Å²) in [5.74, 6) is 1.15. The fraction of sp³-hybridized carbons (Fsp3) is 0.425. The van der Waals surface area contributed by atoms with Crippen molar-refractivity contribution in [1.29, 1.82) is 0 Å². The van der Waals surface area contributed by atoms with Crippen molar-refractivity contribution in [2.24, 2.45) is 11.8 Å². The summed E-state index contributed by atoms with van der Waals surface area (Å²) in [7, 11) is 1.27. The van der Waals surface area contributed by atoms with Gasteiger partial charge >= 0.3 is 6.09 Å². The van der Waals surface area contributed by atoms with Gasteiger partial charge in [-0.25, -0.2) is 19.2 Å². The van der Waals surface area contributed by atoms with Crippen LogP contribution in [0.4, 0.5) is 9.18 Å². The Balaban J connectivity index is 1.10. The van der Waals surface area contributed by atoms with E-state index in [0.29, 0.717) is 42.4 Å². The highest BCUT2D eigenvalue weighted by Gasteiger charge is 2.38. The van der Waals surface area contributed by atoms with Gasteiger partial charge in [0.25, 0.3) is 0 Å². The second-order valence-corrected chi connectivity index (χ2v) is 14.8. The number of H-pyrrole nitrogens is 2. The molecule has 2 aliphatic rings. The molecule has 272 valence electrons. The first kappa shape index (κ1) is 35.2. The molecule has 0 unspecified atom stereocenters. The maximum absolute atomic E-state index is 15.8. The molecule has 2 aliphatic heterocycles. The molecule has 3 amide bonds. The van der Waals surface area contributed by atoms with Crippen molar-refractivity contribution in [2.45, 2.75) is 77.9 Å². The van der Waals surface area contributed by atoms with E-state index in [4.69, 9.17) is 9.72 Å². The Hall–Kier alpha value is -5.26. The van der Waals surface area contributed by atoms with Crippen LogP contribution in [0.3, 0.4) is 0 Å². The van der Waals surface area contributed by atoms with Crippen LogP contribution in [0.15, 0.2) is 54.7 Å². The molecule has 12 heteroatoms. The first-order valence-electron chi connectivity index (χ1n) is 18.2. The lowest BCUT2D eigenvalue weighted by Crippen LogP contribution is -2.51. The summed E-state index contributed by atoms with van der Waals surface area (Å²) in [4.78, 5) is 58.4. The molecule has 5 aromatic rings. The summed E-state index contributed by atoms with van der Waals surface area (Å²) >= 11 is 0. The van der Waals surface area contributed by atoms with Crippen LogP contribution in [0.2, 0.25) is 0 Å². The normalized spacial score (nSPS) is 18.2. The van der Waals surface area contributed by atoms with Gasteiger partial charge in [0.2, 0.25) is 11.8 Å². The number of nitrogens with one attached hydrogen (secondary N) is 3. The van der Waals surface area contributed by atoms with Gasteiger partial charge < -0.3 is 29.8 Å². The number of halogens is 1. The molecule has 3 atom stereocenters. The van der Waals surface area contributed by atoms with Gasteiger partial charge in [-0.1, -0.05) is 52.0 Å². The van der Waals surface area contributed by atoms with E-state index in [0.717, 1.165) is 64.6 Å². The maximum Gasteiger partial charge on any atom is 0.407 e. The number of hydrogen-bond donors (Lipinski definition) is 3. The standard InChI is InChI=1S/C40H46FN7O4/c1-22(2)18-34(49)47-16-6-9-33(47)38-43-30-15-12-26-19-24(10-13-27(26)36(30)45-38)25-11-14-28(29(41)20-25)31-21-42-37(44-31)32-8-7-17-48(32)39(50)35(23(3)4)46-40(51)52-5/h10-15,19-23,32-33,35H,6-9,16-18H2,1-5H3,(H,42,44)(H,43,45)(H,46,51)/t32-,33-,35-/m0/s1. The number of carbonyl (C=O) groups excluding carboxylic acids is 3. The summed E-state index contributed by atoms with van der Waals surface area (Å²) in [5.41, 5.74) is 4.30. The number of imidazole rings is 2. The zero-order chi connectivity index (χ0) is 36.7. The van der Waals surface area contributed by atoms with Crippen molar-refractivity contribution in [3.05, 3.63) is 72.2 Å². The van der Waals surface area contributed by atoms with Crippen LogP contribution in [0.1, 0.15) is 83.5 Å². The lowest BCUT2D eigenvalue weighted by Gasteiger charge is -2.30. The molecule has 3 N–H and O–H groups in total. The van der Waals surface area contributed by atoms with E-state index in [1.165, 1.54) is 13.2 Å². The lowest BCUT2D eigenvalue weighted by molar-refractivity contribution is -0.135. The van der Waals surface area contributed by atoms with Gasteiger partial charge in [0, 0.05) is 30.5 Å². The Labute approximate surface area is 302 Å². The van der Waals surface area contributed by atoms with Gasteiger partial charge in [-0.15, -0.1) is 0 Å². The number of carbonyl (C=O) groups is 3. The van der Waals surface area contributed by atoms with E-state index in [1.54, 1.807) is 17.2 Å². The second-order valence-electron chi connectivity index (χ2n) is 14.8. The van der Waals surface area contributed by atoms with Crippen LogP contribution < -0.4 is 5.32 Å². The van der Waals surface area contributed by atoms with Crippen LogP contribution >= 0.6 is 0 Å². The van der Waals surface area contributed by atoms with E-state index in [2.05, 4.69) is 34.1 Å². The van der Waals surface area contributed by atoms with Crippen molar-refractivity contribution < 1.29 is 23.5 Å². The Kier molecular flexibility index (Phi) is 9.73. The second kappa shape index (κ2) is 14.4. The highest BCUT2D eigenvalue weighted by Crippen LogP contribution is 2.37. The van der Waals surface area contributed by atoms with Gasteiger partial charge in [0.1, 0.15) is 23.5 Å². The average molecular weight is 708 g/mol. The molecule has 2 saturated heterocycles. The number of benzene rings is 3. The number of likely N-dealkylation sites (tertiary alicyclic amines) is 2. The molecule has 4 heterocycles. The molecule has 2 fully saturated rings. The Morgan fingerprint density at radius 1 is 0.923 bits per heavy atom. The number of alkyl carbamates (subject to hydrolysis) is 1. The average Bonchev–Trinajstić information content (AvgIpc) is 3.95. The quantitative estimate of drug-likeness (QED) is 0.144. The van der Waals surface area contributed by atoms with Gasteiger partial charge in [-0.3, -0.25) is 9.59 Å². The minimum atomic E-state index is -0.736. The third-order valence-electron chi connectivity index (χ3n) is 10.4. The summed E-state index contributed by atoms with van der Waals surface area (Å²) in [6.45, 7) is 9.16. The van der Waals surface area contributed by atoms with Crippen LogP contribution in [0.5, 0.6) is 0 Å². The van der Waals surface area contributed by atoms with E-state index in [-0.39, 0.29) is 29.8 Å². The third kappa shape index (κ3) is 6.73. The number of rotatable bonds is 9. The molecule has 11 nitrogen and oxygen atoms in total. The molecule has 0 aliphatic carbocycles. The summed E-state index contributed by atoms with van der Waals surface area (Å²) < 4.78 is 20.5. The Morgan fingerprint density at radius 3 is 2.35 bits per heavy atom. The van der Waals surface area contributed by atoms with Crippen LogP contribution in [0, 0.1) is 17.7 Å². The number of nitrogens with zero attached hydrogens (tertiary/aromatic N) is 4. The smallest absolute Gasteiger partial charge is 0.407 e. The fourth-order valence-corrected chi connectivity index (χ4v) is 7.72. The topological polar surface area (TPSA) is 136 Å². The van der Waals surface area contributed by atoms with Gasteiger partial charge in [-0.05, 0) is 78.3 Å².